The summed E-state index contributed by atoms with van der Waals surface area (Å²) in [6.07, 6.45) is 3.59. The van der Waals surface area contributed by atoms with Gasteiger partial charge >= 0.3 is 11.9 Å². The first-order valence-corrected chi connectivity index (χ1v) is 13.2. The molecule has 2 spiro atoms. The highest BCUT2D eigenvalue weighted by Gasteiger charge is 3.01. The van der Waals surface area contributed by atoms with Crippen LogP contribution in [-0.2, 0) is 35.0 Å². The number of hydrogen-bond acceptors (Lipinski definition) is 9. The Balaban J connectivity index is 1.23. The van der Waals surface area contributed by atoms with E-state index in [9.17, 15) is 9.59 Å². The van der Waals surface area contributed by atoms with Gasteiger partial charge in [-0.25, -0.2) is 0 Å². The van der Waals surface area contributed by atoms with Crippen LogP contribution in [0.5, 0.6) is 5.95 Å². The first kappa shape index (κ1) is 23.2. The lowest BCUT2D eigenvalue weighted by molar-refractivity contribution is -0.166. The molecule has 1 aromatic rings. The zero-order valence-electron chi connectivity index (χ0n) is 21.8. The average Bonchev–Trinajstić information content (AvgIpc) is 3.71. The van der Waals surface area contributed by atoms with E-state index in [1.165, 1.54) is 6.92 Å². The molecule has 5 fully saturated rings. The van der Waals surface area contributed by atoms with E-state index in [2.05, 4.69) is 20.8 Å². The number of ether oxygens (including phenoxy) is 5. The smallest absolute Gasteiger partial charge is 0.314 e. The first-order chi connectivity index (χ1) is 17.0. The number of esters is 2. The summed E-state index contributed by atoms with van der Waals surface area (Å²) in [5.74, 6) is -0.00991. The van der Waals surface area contributed by atoms with Crippen molar-refractivity contribution in [3.05, 3.63) is 17.4 Å². The number of epoxide rings is 3. The SMILES string of the molecule is CC(=O)O[C@@H]1[C@@]2(C(C)C)O[C@H]2[C@@H]2O[C@]23[C@]12O[C@H]2C[C@H]1c2coc(OC(=O)CCN(C)C)c2CC[C@@]13C. The molecule has 0 amide bonds. The number of carbonyl (C=O) groups excluding carboxylic acids is 2. The molecular weight excluding hydrogens is 466 g/mol. The van der Waals surface area contributed by atoms with E-state index in [1.807, 2.05) is 19.0 Å². The van der Waals surface area contributed by atoms with Gasteiger partial charge in [-0.05, 0) is 45.2 Å². The summed E-state index contributed by atoms with van der Waals surface area (Å²) >= 11 is 0. The Hall–Kier alpha value is -1.94. The minimum Gasteiger partial charge on any atom is -0.456 e. The van der Waals surface area contributed by atoms with Crippen molar-refractivity contribution >= 4 is 11.9 Å². The third kappa shape index (κ3) is 2.51. The number of hydrogen-bond donors (Lipinski definition) is 0. The van der Waals surface area contributed by atoms with Crippen LogP contribution in [0.3, 0.4) is 0 Å². The van der Waals surface area contributed by atoms with Gasteiger partial charge in [0.25, 0.3) is 5.95 Å². The van der Waals surface area contributed by atoms with Crippen molar-refractivity contribution in [3.63, 3.8) is 0 Å². The van der Waals surface area contributed by atoms with Crippen LogP contribution in [0.15, 0.2) is 10.7 Å². The molecule has 0 N–H and O–H groups in total. The van der Waals surface area contributed by atoms with Gasteiger partial charge in [-0.3, -0.25) is 9.59 Å². The van der Waals surface area contributed by atoms with Crippen molar-refractivity contribution in [2.24, 2.45) is 11.3 Å². The Bertz CT molecular complexity index is 1160. The molecule has 3 saturated heterocycles. The van der Waals surface area contributed by atoms with E-state index in [0.717, 1.165) is 24.0 Å². The molecule has 36 heavy (non-hydrogen) atoms. The molecule has 0 aromatic carbocycles. The van der Waals surface area contributed by atoms with E-state index in [0.29, 0.717) is 25.3 Å². The Kier molecular flexibility index (Phi) is 4.46. The van der Waals surface area contributed by atoms with Gasteiger partial charge in [-0.15, -0.1) is 0 Å². The van der Waals surface area contributed by atoms with Crippen LogP contribution in [-0.4, -0.2) is 78.7 Å². The van der Waals surface area contributed by atoms with Gasteiger partial charge in [0.1, 0.15) is 23.4 Å². The maximum atomic E-state index is 12.4. The van der Waals surface area contributed by atoms with E-state index >= 15 is 0 Å². The fourth-order valence-electron chi connectivity index (χ4n) is 8.40. The number of fused-ring (bicyclic) bond motifs is 5. The van der Waals surface area contributed by atoms with Gasteiger partial charge in [-0.1, -0.05) is 20.8 Å². The van der Waals surface area contributed by atoms with Gasteiger partial charge in [0.15, 0.2) is 11.7 Å². The van der Waals surface area contributed by atoms with Crippen LogP contribution in [0, 0.1) is 11.3 Å². The van der Waals surface area contributed by atoms with Crippen molar-refractivity contribution in [2.45, 2.75) is 101 Å². The Morgan fingerprint density at radius 3 is 2.67 bits per heavy atom. The van der Waals surface area contributed by atoms with Crippen molar-refractivity contribution < 1.29 is 37.7 Å². The largest absolute Gasteiger partial charge is 0.456 e. The quantitative estimate of drug-likeness (QED) is 0.429. The Morgan fingerprint density at radius 1 is 1.19 bits per heavy atom. The molecule has 3 aliphatic heterocycles. The van der Waals surface area contributed by atoms with E-state index < -0.39 is 22.9 Å². The molecule has 0 bridgehead atoms. The molecule has 9 heteroatoms. The summed E-state index contributed by atoms with van der Waals surface area (Å²) in [6, 6.07) is 0. The summed E-state index contributed by atoms with van der Waals surface area (Å²) in [5, 5.41) is 0. The third-order valence-corrected chi connectivity index (χ3v) is 10.2. The normalized spacial score (nSPS) is 46.5. The van der Waals surface area contributed by atoms with Gasteiger partial charge in [0.05, 0.1) is 18.8 Å². The van der Waals surface area contributed by atoms with E-state index in [-0.39, 0.29) is 47.5 Å². The summed E-state index contributed by atoms with van der Waals surface area (Å²) < 4.78 is 37.2. The lowest BCUT2D eigenvalue weighted by atomic mass is 9.47. The summed E-state index contributed by atoms with van der Waals surface area (Å²) in [5.41, 5.74) is -0.0320. The predicted molar refractivity (Wildman–Crippen MR) is 125 cm³/mol. The average molecular weight is 502 g/mol. The van der Waals surface area contributed by atoms with Crippen molar-refractivity contribution in [3.8, 4) is 5.95 Å². The molecule has 2 saturated carbocycles. The first-order valence-electron chi connectivity index (χ1n) is 13.2. The highest BCUT2D eigenvalue weighted by Crippen LogP contribution is 2.83. The van der Waals surface area contributed by atoms with Gasteiger partial charge in [0, 0.05) is 30.0 Å². The van der Waals surface area contributed by atoms with Gasteiger partial charge in [-0.2, -0.15) is 0 Å². The fraction of sp³-hybridized carbons (Fsp3) is 0.778. The lowest BCUT2D eigenvalue weighted by Crippen LogP contribution is -2.69. The molecule has 9 nitrogen and oxygen atoms in total. The molecule has 196 valence electrons. The van der Waals surface area contributed by atoms with Crippen LogP contribution >= 0.6 is 0 Å². The van der Waals surface area contributed by atoms with Crippen LogP contribution in [0.2, 0.25) is 0 Å². The molecule has 0 radical (unpaired) electrons. The van der Waals surface area contributed by atoms with Crippen molar-refractivity contribution in [1.29, 1.82) is 0 Å². The molecule has 4 heterocycles. The minimum absolute atomic E-state index is 0.0821. The summed E-state index contributed by atoms with van der Waals surface area (Å²) in [6.45, 7) is 8.60. The lowest BCUT2D eigenvalue weighted by Gasteiger charge is -2.53. The fourth-order valence-corrected chi connectivity index (χ4v) is 8.40. The topological polar surface area (TPSA) is 107 Å². The number of nitrogens with zero attached hydrogens (tertiary/aromatic N) is 1. The second-order valence-electron chi connectivity index (χ2n) is 12.4. The molecule has 3 aliphatic carbocycles. The molecule has 7 rings (SSSR count). The van der Waals surface area contributed by atoms with E-state index in [4.69, 9.17) is 28.1 Å². The van der Waals surface area contributed by atoms with Crippen molar-refractivity contribution in [2.75, 3.05) is 20.6 Å². The minimum atomic E-state index is -0.686. The Labute approximate surface area is 210 Å². The second kappa shape index (κ2) is 6.92. The predicted octanol–water partition coefficient (Wildman–Crippen LogP) is 2.59. The summed E-state index contributed by atoms with van der Waals surface area (Å²) in [4.78, 5) is 26.6. The second-order valence-corrected chi connectivity index (χ2v) is 12.4. The highest BCUT2D eigenvalue weighted by molar-refractivity contribution is 5.72. The molecule has 9 atom stereocenters. The van der Waals surface area contributed by atoms with E-state index in [1.54, 1.807) is 6.26 Å². The standard InChI is InChI=1S/C27H35NO8/c1-13(2)25-20(35-25)21-27(36-21)24(4)9-7-15-16(12-31-22(15)33-19(30)8-10-28(5)6)17(24)11-18-26(27,34-18)23(25)32-14(3)29/h12-13,17-18,20-21,23H,7-11H2,1-6H3/t17-,18-,20-,21-,23+,24-,25-,26+,27+/m0/s1. The molecule has 6 aliphatic rings. The number of carbonyl (C=O) groups is 2. The van der Waals surface area contributed by atoms with Crippen LogP contribution in [0.4, 0.5) is 0 Å². The van der Waals surface area contributed by atoms with Crippen LogP contribution < -0.4 is 4.74 Å². The van der Waals surface area contributed by atoms with Gasteiger partial charge in [0.2, 0.25) is 0 Å². The number of furan rings is 1. The molecule has 0 unspecified atom stereocenters. The van der Waals surface area contributed by atoms with Crippen LogP contribution in [0.1, 0.15) is 64.0 Å². The van der Waals surface area contributed by atoms with Gasteiger partial charge < -0.3 is 33.0 Å². The molecular formula is C27H35NO8. The Morgan fingerprint density at radius 2 is 1.97 bits per heavy atom. The highest BCUT2D eigenvalue weighted by atomic mass is 16.8. The maximum absolute atomic E-state index is 12.4. The zero-order chi connectivity index (χ0) is 25.4. The van der Waals surface area contributed by atoms with Crippen molar-refractivity contribution in [1.82, 2.24) is 4.90 Å². The van der Waals surface area contributed by atoms with Crippen LogP contribution in [0.25, 0.3) is 0 Å². The third-order valence-electron chi connectivity index (χ3n) is 10.2. The summed E-state index contributed by atoms with van der Waals surface area (Å²) in [7, 11) is 3.85. The maximum Gasteiger partial charge on any atom is 0.314 e. The zero-order valence-corrected chi connectivity index (χ0v) is 21.8. The monoisotopic (exact) mass is 501 g/mol. The number of rotatable bonds is 6. The molecule has 1 aromatic heterocycles.